The fourth-order valence-electron chi connectivity index (χ4n) is 11.8. The summed E-state index contributed by atoms with van der Waals surface area (Å²) in [7, 11) is 0. The number of esters is 2. The van der Waals surface area contributed by atoms with Crippen LogP contribution in [0.15, 0.2) is 34.9 Å². The first-order valence-corrected chi connectivity index (χ1v) is 18.2. The van der Waals surface area contributed by atoms with Gasteiger partial charge in [0.25, 0.3) is 0 Å². The summed E-state index contributed by atoms with van der Waals surface area (Å²) >= 11 is 0. The number of rotatable bonds is 6. The molecule has 0 radical (unpaired) electrons. The SMILES string of the molecule is C/C=C(\C)C(=O)OC[C@]1(C)C2CC[C@]3(C)C(CC=C4C5CC(C)(C)[C@@H](O)[C@H](OC(=O)/C(C)=C/C)[C@]5(CO)[C@H](O)C[C@]43C)[C@@]2(C)CC[C@@H]1O. The van der Waals surface area contributed by atoms with Crippen molar-refractivity contribution in [3.63, 3.8) is 0 Å². The van der Waals surface area contributed by atoms with E-state index in [-0.39, 0.29) is 41.2 Å². The molecule has 0 aromatic rings. The Bertz CT molecular complexity index is 1390. The highest BCUT2D eigenvalue weighted by Gasteiger charge is 2.73. The molecule has 4 fully saturated rings. The highest BCUT2D eigenvalue weighted by Crippen LogP contribution is 2.76. The quantitative estimate of drug-likeness (QED) is 0.152. The van der Waals surface area contributed by atoms with Crippen LogP contribution in [0.5, 0.6) is 0 Å². The highest BCUT2D eigenvalue weighted by atomic mass is 16.6. The second-order valence-electron chi connectivity index (χ2n) is 17.9. The summed E-state index contributed by atoms with van der Waals surface area (Å²) < 4.78 is 11.9. The second-order valence-corrected chi connectivity index (χ2v) is 17.9. The van der Waals surface area contributed by atoms with Gasteiger partial charge in [-0.2, -0.15) is 0 Å². The summed E-state index contributed by atoms with van der Waals surface area (Å²) in [5.41, 5.74) is -1.05. The molecule has 270 valence electrons. The van der Waals surface area contributed by atoms with Crippen LogP contribution in [0.3, 0.4) is 0 Å². The molecule has 0 aromatic carbocycles. The monoisotopic (exact) mass is 670 g/mol. The van der Waals surface area contributed by atoms with Crippen LogP contribution in [0.4, 0.5) is 0 Å². The van der Waals surface area contributed by atoms with E-state index >= 15 is 0 Å². The number of fused-ring (bicyclic) bond motifs is 7. The maximum atomic E-state index is 13.2. The van der Waals surface area contributed by atoms with Crippen molar-refractivity contribution in [2.45, 2.75) is 139 Å². The summed E-state index contributed by atoms with van der Waals surface area (Å²) in [6.45, 7) is 19.9. The summed E-state index contributed by atoms with van der Waals surface area (Å²) in [5, 5.41) is 46.8. The highest BCUT2D eigenvalue weighted by molar-refractivity contribution is 5.88. The van der Waals surface area contributed by atoms with E-state index in [9.17, 15) is 30.0 Å². The van der Waals surface area contributed by atoms with E-state index in [1.807, 2.05) is 20.8 Å². The van der Waals surface area contributed by atoms with Gasteiger partial charge in [-0.05, 0) is 112 Å². The van der Waals surface area contributed by atoms with E-state index in [4.69, 9.17) is 9.47 Å². The van der Waals surface area contributed by atoms with Crippen molar-refractivity contribution in [2.75, 3.05) is 13.2 Å². The summed E-state index contributed by atoms with van der Waals surface area (Å²) in [6, 6.07) is 0. The Labute approximate surface area is 288 Å². The number of carbonyl (C=O) groups is 2. The number of hydrogen-bond donors (Lipinski definition) is 4. The first kappa shape index (κ1) is 37.3. The van der Waals surface area contributed by atoms with Crippen molar-refractivity contribution in [1.29, 1.82) is 0 Å². The molecule has 0 saturated heterocycles. The Morgan fingerprint density at radius 2 is 1.50 bits per heavy atom. The van der Waals surface area contributed by atoms with Crippen LogP contribution in [0.2, 0.25) is 0 Å². The smallest absolute Gasteiger partial charge is 0.333 e. The van der Waals surface area contributed by atoms with Gasteiger partial charge in [0.15, 0.2) is 0 Å². The van der Waals surface area contributed by atoms with E-state index in [0.29, 0.717) is 30.4 Å². The van der Waals surface area contributed by atoms with E-state index < -0.39 is 58.7 Å². The fourth-order valence-corrected chi connectivity index (χ4v) is 11.8. The largest absolute Gasteiger partial charge is 0.462 e. The predicted molar refractivity (Wildman–Crippen MR) is 184 cm³/mol. The third-order valence-electron chi connectivity index (χ3n) is 15.4. The van der Waals surface area contributed by atoms with Crippen molar-refractivity contribution >= 4 is 11.9 Å². The zero-order valence-corrected chi connectivity index (χ0v) is 31.1. The molecule has 0 aromatic heterocycles. The van der Waals surface area contributed by atoms with Gasteiger partial charge in [0.1, 0.15) is 6.10 Å². The van der Waals surface area contributed by atoms with Crippen molar-refractivity contribution in [1.82, 2.24) is 0 Å². The lowest BCUT2D eigenvalue weighted by molar-refractivity contribution is -0.263. The number of allylic oxidation sites excluding steroid dienone is 4. The van der Waals surface area contributed by atoms with Gasteiger partial charge in [-0.1, -0.05) is 65.3 Å². The number of hydrogen-bond acceptors (Lipinski definition) is 8. The van der Waals surface area contributed by atoms with Crippen LogP contribution < -0.4 is 0 Å². The molecule has 3 unspecified atom stereocenters. The first-order valence-electron chi connectivity index (χ1n) is 18.2. The molecule has 0 amide bonds. The van der Waals surface area contributed by atoms with Crippen molar-refractivity contribution < 1.29 is 39.5 Å². The lowest BCUT2D eigenvalue weighted by Gasteiger charge is -2.72. The molecular weight excluding hydrogens is 608 g/mol. The number of ether oxygens (including phenoxy) is 2. The van der Waals surface area contributed by atoms with Crippen LogP contribution in [0, 0.1) is 50.2 Å². The minimum absolute atomic E-state index is 0.136. The minimum Gasteiger partial charge on any atom is -0.462 e. The fraction of sp³-hybridized carbons (Fsp3) is 0.800. The third kappa shape index (κ3) is 5.04. The van der Waals surface area contributed by atoms with Gasteiger partial charge in [-0.15, -0.1) is 0 Å². The zero-order chi connectivity index (χ0) is 35.8. The van der Waals surface area contributed by atoms with Gasteiger partial charge in [-0.25, -0.2) is 9.59 Å². The lowest BCUT2D eigenvalue weighted by Crippen LogP contribution is -2.72. The van der Waals surface area contributed by atoms with Crippen LogP contribution in [0.1, 0.15) is 114 Å². The summed E-state index contributed by atoms with van der Waals surface area (Å²) in [5.74, 6) is -0.799. The maximum absolute atomic E-state index is 13.2. The predicted octanol–water partition coefficient (Wildman–Crippen LogP) is 6.06. The number of carbonyl (C=O) groups excluding carboxylic acids is 2. The molecule has 5 aliphatic carbocycles. The number of aliphatic hydroxyl groups excluding tert-OH is 4. The Morgan fingerprint density at radius 3 is 2.10 bits per heavy atom. The average Bonchev–Trinajstić information content (AvgIpc) is 3.03. The molecule has 5 aliphatic rings. The Kier molecular flexibility index (Phi) is 9.58. The molecule has 0 spiro atoms. The van der Waals surface area contributed by atoms with Gasteiger partial charge in [0.05, 0.1) is 36.9 Å². The average molecular weight is 671 g/mol. The molecule has 4 saturated carbocycles. The van der Waals surface area contributed by atoms with E-state index in [1.54, 1.807) is 32.9 Å². The molecule has 0 bridgehead atoms. The van der Waals surface area contributed by atoms with Crippen molar-refractivity contribution in [2.24, 2.45) is 50.2 Å². The van der Waals surface area contributed by atoms with Gasteiger partial charge in [-0.3, -0.25) is 0 Å². The Hall–Kier alpha value is -2.00. The van der Waals surface area contributed by atoms with Crippen molar-refractivity contribution in [3.8, 4) is 0 Å². The Morgan fingerprint density at radius 1 is 0.875 bits per heavy atom. The Balaban J connectivity index is 1.56. The van der Waals surface area contributed by atoms with Gasteiger partial charge < -0.3 is 29.9 Å². The summed E-state index contributed by atoms with van der Waals surface area (Å²) in [4.78, 5) is 25.9. The molecule has 5 rings (SSSR count). The van der Waals surface area contributed by atoms with E-state index in [2.05, 4.69) is 33.8 Å². The molecule has 0 aliphatic heterocycles. The molecule has 48 heavy (non-hydrogen) atoms. The second kappa shape index (κ2) is 12.3. The molecule has 12 atom stereocenters. The molecule has 8 heteroatoms. The molecule has 4 N–H and O–H groups in total. The van der Waals surface area contributed by atoms with Gasteiger partial charge in [0.2, 0.25) is 0 Å². The zero-order valence-electron chi connectivity index (χ0n) is 31.1. The van der Waals surface area contributed by atoms with Crippen LogP contribution in [0.25, 0.3) is 0 Å². The molecule has 8 nitrogen and oxygen atoms in total. The molecule has 0 heterocycles. The standard InChI is InChI=1S/C40H62O8/c1-11-23(3)33(45)47-22-37(8)27-15-18-38(9)28(36(27,7)17-16-29(37)42)14-13-25-26-19-35(5,6)31(44)32(48-34(46)24(4)12-2)40(26,21-41)30(43)20-39(25,38)10/h11-13,26-32,41-44H,14-22H2,1-10H3/b23-11+,24-12+/t26?,27?,28?,29-,30+,31-,32-,36-,37+,38+,39+,40-/m0/s1. The van der Waals surface area contributed by atoms with Gasteiger partial charge >= 0.3 is 11.9 Å². The number of aliphatic hydroxyl groups is 4. The summed E-state index contributed by atoms with van der Waals surface area (Å²) in [6.07, 6.45) is 7.04. The van der Waals surface area contributed by atoms with Crippen LogP contribution in [-0.2, 0) is 19.1 Å². The van der Waals surface area contributed by atoms with Crippen LogP contribution in [-0.4, -0.2) is 70.0 Å². The van der Waals surface area contributed by atoms with Gasteiger partial charge in [0, 0.05) is 16.6 Å². The topological polar surface area (TPSA) is 134 Å². The lowest BCUT2D eigenvalue weighted by atomic mass is 9.33. The van der Waals surface area contributed by atoms with Crippen LogP contribution >= 0.6 is 0 Å². The molecular formula is C40H62O8. The minimum atomic E-state index is -1.24. The van der Waals surface area contributed by atoms with E-state index in [1.165, 1.54) is 5.57 Å². The third-order valence-corrected chi connectivity index (χ3v) is 15.4. The van der Waals surface area contributed by atoms with Crippen molar-refractivity contribution in [3.05, 3.63) is 34.9 Å². The van der Waals surface area contributed by atoms with E-state index in [0.717, 1.165) is 25.7 Å². The first-order chi connectivity index (χ1) is 22.2. The normalized spacial score (nSPS) is 47.0. The maximum Gasteiger partial charge on any atom is 0.333 e.